The lowest BCUT2D eigenvalue weighted by molar-refractivity contribution is -0.148. The lowest BCUT2D eigenvalue weighted by Gasteiger charge is -2.43. The van der Waals surface area contributed by atoms with Crippen LogP contribution in [0.3, 0.4) is 0 Å². The van der Waals surface area contributed by atoms with Gasteiger partial charge in [0.15, 0.2) is 0 Å². The SMILES string of the molecule is CN1CCOc2ccccc2CCCCC2(CCN(C(=O)Cc3coc(-c4ccccc4)n3)CC2)C1=O. The molecule has 3 aromatic rings. The molecule has 0 aliphatic carbocycles. The van der Waals surface area contributed by atoms with Gasteiger partial charge in [-0.3, -0.25) is 9.59 Å². The molecule has 1 aromatic heterocycles. The van der Waals surface area contributed by atoms with Crippen molar-refractivity contribution in [1.29, 1.82) is 0 Å². The summed E-state index contributed by atoms with van der Waals surface area (Å²) in [5, 5.41) is 0. The topological polar surface area (TPSA) is 75.9 Å². The standard InChI is InChI=1S/C30H35N3O4/c1-32-19-20-36-26-13-6-5-9-23(26)10-7-8-14-30(29(32)35)15-17-33(18-16-30)27(34)21-25-22-37-28(31-25)24-11-3-2-4-12-24/h2-6,9,11-13,22H,7-8,10,14-21H2,1H3. The third kappa shape index (κ3) is 5.71. The van der Waals surface area contributed by atoms with Gasteiger partial charge in [0, 0.05) is 25.7 Å². The molecule has 5 rings (SSSR count). The molecule has 1 fully saturated rings. The molecular formula is C30H35N3O4. The van der Waals surface area contributed by atoms with Crippen molar-refractivity contribution in [3.05, 3.63) is 72.1 Å². The molecule has 0 unspecified atom stereocenters. The van der Waals surface area contributed by atoms with Gasteiger partial charge in [-0.25, -0.2) is 4.98 Å². The fourth-order valence-corrected chi connectivity index (χ4v) is 5.55. The van der Waals surface area contributed by atoms with Gasteiger partial charge in [0.05, 0.1) is 24.1 Å². The van der Waals surface area contributed by atoms with E-state index >= 15 is 0 Å². The summed E-state index contributed by atoms with van der Waals surface area (Å²) in [6.07, 6.45) is 6.93. The maximum atomic E-state index is 13.6. The molecule has 7 heteroatoms. The number of nitrogens with zero attached hydrogens (tertiary/aromatic N) is 3. The van der Waals surface area contributed by atoms with Crippen LogP contribution < -0.4 is 4.74 Å². The quantitative estimate of drug-likeness (QED) is 0.517. The number of aryl methyl sites for hydroxylation is 1. The van der Waals surface area contributed by atoms with Crippen LogP contribution in [0.1, 0.15) is 43.4 Å². The molecule has 37 heavy (non-hydrogen) atoms. The molecule has 0 saturated carbocycles. The lowest BCUT2D eigenvalue weighted by atomic mass is 9.73. The summed E-state index contributed by atoms with van der Waals surface area (Å²) in [6.45, 7) is 2.19. The molecule has 0 radical (unpaired) electrons. The Balaban J connectivity index is 1.21. The molecule has 194 valence electrons. The van der Waals surface area contributed by atoms with Gasteiger partial charge in [0.2, 0.25) is 17.7 Å². The van der Waals surface area contributed by atoms with E-state index in [2.05, 4.69) is 17.1 Å². The van der Waals surface area contributed by atoms with Crippen molar-refractivity contribution in [2.75, 3.05) is 33.3 Å². The number of rotatable bonds is 3. The average molecular weight is 502 g/mol. The highest BCUT2D eigenvalue weighted by Crippen LogP contribution is 2.39. The molecule has 2 aliphatic rings. The second-order valence-electron chi connectivity index (χ2n) is 10.2. The Morgan fingerprint density at radius 2 is 1.73 bits per heavy atom. The monoisotopic (exact) mass is 501 g/mol. The molecule has 0 bridgehead atoms. The number of piperidine rings is 1. The van der Waals surface area contributed by atoms with Gasteiger partial charge in [-0.05, 0) is 55.9 Å². The molecule has 1 saturated heterocycles. The first-order valence-corrected chi connectivity index (χ1v) is 13.3. The summed E-state index contributed by atoms with van der Waals surface area (Å²) in [5.74, 6) is 1.66. The van der Waals surface area contributed by atoms with E-state index in [1.54, 1.807) is 6.26 Å². The van der Waals surface area contributed by atoms with E-state index < -0.39 is 5.41 Å². The predicted octanol–water partition coefficient (Wildman–Crippen LogP) is 4.76. The van der Waals surface area contributed by atoms with E-state index in [1.165, 1.54) is 5.56 Å². The van der Waals surface area contributed by atoms with Gasteiger partial charge in [0.1, 0.15) is 18.6 Å². The van der Waals surface area contributed by atoms with Crippen molar-refractivity contribution < 1.29 is 18.7 Å². The Bertz CT molecular complexity index is 1210. The maximum Gasteiger partial charge on any atom is 0.228 e. The number of benzene rings is 2. The van der Waals surface area contributed by atoms with Crippen LogP contribution in [0.15, 0.2) is 65.3 Å². The number of carbonyl (C=O) groups excluding carboxylic acids is 2. The largest absolute Gasteiger partial charge is 0.491 e. The van der Waals surface area contributed by atoms with Crippen molar-refractivity contribution in [3.8, 4) is 17.2 Å². The molecule has 1 spiro atoms. The molecule has 2 aliphatic heterocycles. The van der Waals surface area contributed by atoms with Gasteiger partial charge < -0.3 is 19.0 Å². The van der Waals surface area contributed by atoms with Crippen molar-refractivity contribution in [2.45, 2.75) is 44.9 Å². The summed E-state index contributed by atoms with van der Waals surface area (Å²) < 4.78 is 11.6. The Labute approximate surface area is 218 Å². The number of hydrogen-bond acceptors (Lipinski definition) is 5. The number of carbonyl (C=O) groups is 2. The second kappa shape index (κ2) is 11.2. The molecule has 7 nitrogen and oxygen atoms in total. The number of aromatic nitrogens is 1. The van der Waals surface area contributed by atoms with Gasteiger partial charge in [-0.2, -0.15) is 0 Å². The van der Waals surface area contributed by atoms with Crippen LogP contribution >= 0.6 is 0 Å². The summed E-state index contributed by atoms with van der Waals surface area (Å²) in [5.41, 5.74) is 2.33. The number of ether oxygens (including phenoxy) is 1. The molecule has 0 atom stereocenters. The highest BCUT2D eigenvalue weighted by molar-refractivity contribution is 5.84. The third-order valence-corrected chi connectivity index (χ3v) is 7.79. The maximum absolute atomic E-state index is 13.6. The minimum Gasteiger partial charge on any atom is -0.491 e. The smallest absolute Gasteiger partial charge is 0.228 e. The minimum absolute atomic E-state index is 0.0294. The Hall–Kier alpha value is -3.61. The number of likely N-dealkylation sites (tertiary alicyclic amines) is 1. The van der Waals surface area contributed by atoms with Crippen LogP contribution in [0.5, 0.6) is 5.75 Å². The molecule has 3 heterocycles. The number of fused-ring (bicyclic) bond motifs is 1. The molecule has 2 amide bonds. The van der Waals surface area contributed by atoms with Gasteiger partial charge in [-0.15, -0.1) is 0 Å². The Morgan fingerprint density at radius 1 is 0.973 bits per heavy atom. The number of para-hydroxylation sites is 1. The van der Waals surface area contributed by atoms with Crippen LogP contribution in [-0.2, 0) is 22.4 Å². The second-order valence-corrected chi connectivity index (χ2v) is 10.2. The zero-order valence-electron chi connectivity index (χ0n) is 21.5. The summed E-state index contributed by atoms with van der Waals surface area (Å²) >= 11 is 0. The zero-order chi connectivity index (χ0) is 25.7. The van der Waals surface area contributed by atoms with Crippen molar-refractivity contribution in [1.82, 2.24) is 14.8 Å². The van der Waals surface area contributed by atoms with Crippen molar-refractivity contribution >= 4 is 11.8 Å². The van der Waals surface area contributed by atoms with E-state index in [4.69, 9.17) is 9.15 Å². The summed E-state index contributed by atoms with van der Waals surface area (Å²) in [4.78, 5) is 34.9. The number of amides is 2. The lowest BCUT2D eigenvalue weighted by Crippen LogP contribution is -2.51. The fraction of sp³-hybridized carbons (Fsp3) is 0.433. The Morgan fingerprint density at radius 3 is 2.54 bits per heavy atom. The van der Waals surface area contributed by atoms with E-state index in [9.17, 15) is 9.59 Å². The van der Waals surface area contributed by atoms with Crippen LogP contribution in [0.4, 0.5) is 0 Å². The summed E-state index contributed by atoms with van der Waals surface area (Å²) in [6, 6.07) is 17.9. The van der Waals surface area contributed by atoms with Crippen molar-refractivity contribution in [2.24, 2.45) is 5.41 Å². The first kappa shape index (κ1) is 25.1. The fourth-order valence-electron chi connectivity index (χ4n) is 5.55. The first-order chi connectivity index (χ1) is 18.0. The van der Waals surface area contributed by atoms with Crippen LogP contribution in [-0.4, -0.2) is 59.9 Å². The van der Waals surface area contributed by atoms with Gasteiger partial charge in [0.25, 0.3) is 0 Å². The predicted molar refractivity (Wildman–Crippen MR) is 141 cm³/mol. The highest BCUT2D eigenvalue weighted by atomic mass is 16.5. The molecule has 0 N–H and O–H groups in total. The number of likely N-dealkylation sites (N-methyl/N-ethyl adjacent to an activating group) is 1. The van der Waals surface area contributed by atoms with Gasteiger partial charge in [-0.1, -0.05) is 42.8 Å². The minimum atomic E-state index is -0.418. The normalized spacial score (nSPS) is 18.5. The van der Waals surface area contributed by atoms with Crippen LogP contribution in [0, 0.1) is 5.41 Å². The first-order valence-electron chi connectivity index (χ1n) is 13.3. The van der Waals surface area contributed by atoms with Crippen LogP contribution in [0.2, 0.25) is 0 Å². The van der Waals surface area contributed by atoms with E-state index in [0.717, 1.165) is 37.0 Å². The zero-order valence-corrected chi connectivity index (χ0v) is 21.5. The molecule has 2 aromatic carbocycles. The number of hydrogen-bond donors (Lipinski definition) is 0. The molecular weight excluding hydrogens is 466 g/mol. The van der Waals surface area contributed by atoms with E-state index in [0.29, 0.717) is 50.7 Å². The highest BCUT2D eigenvalue weighted by Gasteiger charge is 2.43. The Kier molecular flexibility index (Phi) is 7.58. The van der Waals surface area contributed by atoms with Gasteiger partial charge >= 0.3 is 0 Å². The van der Waals surface area contributed by atoms with E-state index in [1.807, 2.05) is 59.3 Å². The van der Waals surface area contributed by atoms with Crippen molar-refractivity contribution in [3.63, 3.8) is 0 Å². The number of oxazole rings is 1. The average Bonchev–Trinajstić information content (AvgIpc) is 3.40. The van der Waals surface area contributed by atoms with E-state index in [-0.39, 0.29) is 18.2 Å². The third-order valence-electron chi connectivity index (χ3n) is 7.79. The summed E-state index contributed by atoms with van der Waals surface area (Å²) in [7, 11) is 1.87. The van der Waals surface area contributed by atoms with Crippen LogP contribution in [0.25, 0.3) is 11.5 Å².